The van der Waals surface area contributed by atoms with Crippen LogP contribution in [-0.2, 0) is 31.9 Å². The number of rotatable bonds is 9. The molecule has 0 radical (unpaired) electrons. The molecule has 0 bridgehead atoms. The highest BCUT2D eigenvalue weighted by Gasteiger charge is 2.40. The molecule has 1 atom stereocenters. The Labute approximate surface area is 265 Å². The molecule has 0 amide bonds. The number of nitrogens with zero attached hydrogens (tertiary/aromatic N) is 2. The zero-order valence-electron chi connectivity index (χ0n) is 24.5. The minimum absolute atomic E-state index is 0.00823. The van der Waals surface area contributed by atoms with Crippen LogP contribution in [0.2, 0.25) is 5.02 Å². The lowest BCUT2D eigenvalue weighted by Crippen LogP contribution is -2.44. The standard InChI is InChI=1S/C30H27ClF6N2O6S/c1-4-44-28-25(14-19(15-38-28)29(32,33)34)46(41,42)39-16-20(9-11-26(40)43-3)45-24-10-8-18(13-23(24)39)12-17(2)27-21(30(35,36)37)6-5-7-22(27)31/h5-8,10,12-15,20H,4,9,11,16H2,1-3H3/b17-12+/t20-/m0/s1. The molecule has 0 saturated carbocycles. The number of aromatic nitrogens is 1. The minimum Gasteiger partial charge on any atom is -0.486 e. The van der Waals surface area contributed by atoms with Gasteiger partial charge in [0.2, 0.25) is 5.88 Å². The number of anilines is 1. The molecule has 8 nitrogen and oxygen atoms in total. The van der Waals surface area contributed by atoms with E-state index in [2.05, 4.69) is 9.72 Å². The van der Waals surface area contributed by atoms with Gasteiger partial charge >= 0.3 is 18.3 Å². The van der Waals surface area contributed by atoms with Crippen LogP contribution >= 0.6 is 11.6 Å². The van der Waals surface area contributed by atoms with E-state index in [-0.39, 0.29) is 52.6 Å². The Kier molecular flexibility index (Phi) is 10.2. The summed E-state index contributed by atoms with van der Waals surface area (Å²) in [5.74, 6) is -1.18. The third kappa shape index (κ3) is 7.52. The number of methoxy groups -OCH3 is 1. The summed E-state index contributed by atoms with van der Waals surface area (Å²) in [5.41, 5.74) is -2.39. The Morgan fingerprint density at radius 2 is 1.85 bits per heavy atom. The van der Waals surface area contributed by atoms with Gasteiger partial charge in [-0.1, -0.05) is 29.8 Å². The lowest BCUT2D eigenvalue weighted by atomic mass is 9.98. The fourth-order valence-corrected chi connectivity index (χ4v) is 6.73. The minimum atomic E-state index is -4.93. The van der Waals surface area contributed by atoms with Crippen molar-refractivity contribution in [3.8, 4) is 11.6 Å². The van der Waals surface area contributed by atoms with Gasteiger partial charge in [0.1, 0.15) is 11.9 Å². The second-order valence-corrected chi connectivity index (χ2v) is 12.3. The summed E-state index contributed by atoms with van der Waals surface area (Å²) in [6.07, 6.45) is -8.95. The predicted octanol–water partition coefficient (Wildman–Crippen LogP) is 7.64. The van der Waals surface area contributed by atoms with E-state index in [1.807, 2.05) is 0 Å². The van der Waals surface area contributed by atoms with E-state index < -0.39 is 62.9 Å². The highest BCUT2D eigenvalue weighted by molar-refractivity contribution is 7.93. The van der Waals surface area contributed by atoms with Gasteiger partial charge in [0.25, 0.3) is 10.0 Å². The van der Waals surface area contributed by atoms with Gasteiger partial charge < -0.3 is 14.2 Å². The number of benzene rings is 2. The van der Waals surface area contributed by atoms with E-state index in [0.29, 0.717) is 12.3 Å². The average molecular weight is 693 g/mol. The van der Waals surface area contributed by atoms with Crippen molar-refractivity contribution < 1.29 is 53.8 Å². The molecule has 0 N–H and O–H groups in total. The summed E-state index contributed by atoms with van der Waals surface area (Å²) in [4.78, 5) is 14.5. The number of esters is 1. The van der Waals surface area contributed by atoms with Crippen molar-refractivity contribution in [2.75, 3.05) is 24.6 Å². The molecule has 4 rings (SSSR count). The van der Waals surface area contributed by atoms with Crippen LogP contribution in [-0.4, -0.2) is 45.7 Å². The molecule has 248 valence electrons. The molecule has 2 heterocycles. The fourth-order valence-electron chi connectivity index (χ4n) is 4.80. The molecular formula is C30H27ClF6N2O6S. The van der Waals surface area contributed by atoms with Gasteiger partial charge in [0, 0.05) is 23.2 Å². The predicted molar refractivity (Wildman–Crippen MR) is 157 cm³/mol. The van der Waals surface area contributed by atoms with Crippen molar-refractivity contribution in [1.82, 2.24) is 4.98 Å². The van der Waals surface area contributed by atoms with Crippen molar-refractivity contribution >= 4 is 44.9 Å². The van der Waals surface area contributed by atoms with Crippen LogP contribution in [0.15, 0.2) is 53.6 Å². The van der Waals surface area contributed by atoms with Crippen molar-refractivity contribution in [1.29, 1.82) is 0 Å². The summed E-state index contributed by atoms with van der Waals surface area (Å²) in [6, 6.07) is 7.88. The Morgan fingerprint density at radius 1 is 1.13 bits per heavy atom. The van der Waals surface area contributed by atoms with Crippen LogP contribution in [0, 0.1) is 0 Å². The first kappa shape index (κ1) is 34.9. The van der Waals surface area contributed by atoms with Gasteiger partial charge in [-0.05, 0) is 61.7 Å². The Bertz CT molecular complexity index is 1760. The zero-order chi connectivity index (χ0) is 34.0. The van der Waals surface area contributed by atoms with E-state index in [1.54, 1.807) is 0 Å². The first-order valence-corrected chi connectivity index (χ1v) is 15.4. The highest BCUT2D eigenvalue weighted by Crippen LogP contribution is 2.43. The highest BCUT2D eigenvalue weighted by atomic mass is 35.5. The second kappa shape index (κ2) is 13.4. The van der Waals surface area contributed by atoms with Crippen molar-refractivity contribution in [2.45, 2.75) is 50.0 Å². The number of hydrogen-bond donors (Lipinski definition) is 0. The largest absolute Gasteiger partial charge is 0.486 e. The first-order chi connectivity index (χ1) is 21.5. The van der Waals surface area contributed by atoms with E-state index in [1.165, 1.54) is 51.3 Å². The smallest absolute Gasteiger partial charge is 0.417 e. The van der Waals surface area contributed by atoms with Gasteiger partial charge in [-0.3, -0.25) is 9.10 Å². The number of hydrogen-bond acceptors (Lipinski definition) is 7. The van der Waals surface area contributed by atoms with Crippen molar-refractivity contribution in [3.05, 3.63) is 75.9 Å². The number of allylic oxidation sites excluding steroid dienone is 1. The molecule has 3 aromatic rings. The summed E-state index contributed by atoms with van der Waals surface area (Å²) in [5, 5.41) is -0.164. The lowest BCUT2D eigenvalue weighted by molar-refractivity contribution is -0.141. The molecule has 1 aliphatic rings. The Balaban J connectivity index is 1.87. The summed E-state index contributed by atoms with van der Waals surface area (Å²) < 4.78 is 127. The number of halogens is 7. The maximum Gasteiger partial charge on any atom is 0.417 e. The molecule has 46 heavy (non-hydrogen) atoms. The van der Waals surface area contributed by atoms with Crippen molar-refractivity contribution in [3.63, 3.8) is 0 Å². The summed E-state index contributed by atoms with van der Waals surface area (Å²) in [7, 11) is -3.69. The molecule has 1 aliphatic heterocycles. The Morgan fingerprint density at radius 3 is 2.48 bits per heavy atom. The van der Waals surface area contributed by atoms with Crippen LogP contribution in [0.25, 0.3) is 11.6 Å². The van der Waals surface area contributed by atoms with Gasteiger partial charge in [0.15, 0.2) is 4.90 Å². The van der Waals surface area contributed by atoms with Crippen LogP contribution < -0.4 is 13.8 Å². The number of carbonyl (C=O) groups excluding carboxylic acids is 1. The van der Waals surface area contributed by atoms with Gasteiger partial charge in [0.05, 0.1) is 37.1 Å². The first-order valence-electron chi connectivity index (χ1n) is 13.6. The molecular weight excluding hydrogens is 666 g/mol. The van der Waals surface area contributed by atoms with Crippen LogP contribution in [0.4, 0.5) is 32.0 Å². The van der Waals surface area contributed by atoms with Gasteiger partial charge in [-0.2, -0.15) is 26.3 Å². The molecule has 16 heteroatoms. The maximum atomic E-state index is 14.2. The van der Waals surface area contributed by atoms with E-state index in [4.69, 9.17) is 21.1 Å². The molecule has 2 aromatic carbocycles. The van der Waals surface area contributed by atoms with Gasteiger partial charge in [-0.15, -0.1) is 0 Å². The molecule has 1 aromatic heterocycles. The zero-order valence-corrected chi connectivity index (χ0v) is 26.1. The van der Waals surface area contributed by atoms with E-state index >= 15 is 0 Å². The average Bonchev–Trinajstić information content (AvgIpc) is 2.98. The number of sulfonamides is 1. The maximum absolute atomic E-state index is 14.2. The Hall–Kier alpha value is -3.98. The molecule has 0 saturated heterocycles. The number of pyridine rings is 1. The fraction of sp³-hybridized carbons (Fsp3) is 0.333. The molecule has 0 fully saturated rings. The van der Waals surface area contributed by atoms with E-state index in [0.717, 1.165) is 16.4 Å². The molecule has 0 unspecified atom stereocenters. The van der Waals surface area contributed by atoms with Crippen molar-refractivity contribution in [2.24, 2.45) is 0 Å². The third-order valence-corrected chi connectivity index (χ3v) is 8.99. The van der Waals surface area contributed by atoms with Crippen LogP contribution in [0.3, 0.4) is 0 Å². The number of carbonyl (C=O) groups is 1. The topological polar surface area (TPSA) is 95.0 Å². The normalized spacial score (nSPS) is 15.7. The third-order valence-electron chi connectivity index (χ3n) is 6.90. The van der Waals surface area contributed by atoms with Gasteiger partial charge in [-0.25, -0.2) is 13.4 Å². The SMILES string of the molecule is CCOc1ncc(C(F)(F)F)cc1S(=O)(=O)N1C[C@H](CCC(=O)OC)Oc2ccc(/C=C(\C)c3c(Cl)cccc3C(F)(F)F)cc21. The lowest BCUT2D eigenvalue weighted by Gasteiger charge is -2.36. The quantitative estimate of drug-likeness (QED) is 0.129. The molecule has 0 spiro atoms. The number of fused-ring (bicyclic) bond motifs is 1. The number of ether oxygens (including phenoxy) is 3. The molecule has 0 aliphatic carbocycles. The van der Waals surface area contributed by atoms with Crippen LogP contribution in [0.5, 0.6) is 11.6 Å². The number of alkyl halides is 6. The second-order valence-electron chi connectivity index (χ2n) is 10.1. The summed E-state index contributed by atoms with van der Waals surface area (Å²) >= 11 is 6.15. The van der Waals surface area contributed by atoms with E-state index in [9.17, 15) is 39.6 Å². The monoisotopic (exact) mass is 692 g/mol. The van der Waals surface area contributed by atoms with Crippen LogP contribution in [0.1, 0.15) is 48.9 Å². The summed E-state index contributed by atoms with van der Waals surface area (Å²) in [6.45, 7) is 2.33.